The maximum absolute atomic E-state index is 13.1. The molecule has 1 heterocycles. The highest BCUT2D eigenvalue weighted by Gasteiger charge is 2.33. The standard InChI is InChI=1S/C22H29N3O4S/c1-16(2)29-19-6-3-7-21(13-19)30(27,28)20-10-8-18(9-11-20)25-22(26)24-15-17-5-4-12-23-14-17/h4-5,8-12,14,16,19,21H,3,6-7,13,15H2,1-2H3,(H2,24,25,26). The Morgan fingerprint density at radius 1 is 1.20 bits per heavy atom. The van der Waals surface area contributed by atoms with Crippen molar-refractivity contribution in [3.8, 4) is 0 Å². The van der Waals surface area contributed by atoms with Gasteiger partial charge in [-0.3, -0.25) is 4.98 Å². The summed E-state index contributed by atoms with van der Waals surface area (Å²) in [5.41, 5.74) is 1.42. The van der Waals surface area contributed by atoms with Gasteiger partial charge in [0.2, 0.25) is 0 Å². The molecule has 1 aliphatic carbocycles. The van der Waals surface area contributed by atoms with E-state index in [0.29, 0.717) is 25.1 Å². The molecule has 0 radical (unpaired) electrons. The van der Waals surface area contributed by atoms with Gasteiger partial charge in [0.05, 0.1) is 22.4 Å². The van der Waals surface area contributed by atoms with Crippen molar-refractivity contribution in [1.29, 1.82) is 0 Å². The molecule has 1 aromatic carbocycles. The summed E-state index contributed by atoms with van der Waals surface area (Å²) in [7, 11) is -3.44. The van der Waals surface area contributed by atoms with Crippen molar-refractivity contribution in [2.24, 2.45) is 0 Å². The lowest BCUT2D eigenvalue weighted by molar-refractivity contribution is -0.0110. The molecule has 1 aliphatic rings. The summed E-state index contributed by atoms with van der Waals surface area (Å²) in [6.07, 6.45) is 6.36. The number of carbonyl (C=O) groups excluding carboxylic acids is 1. The third-order valence-corrected chi connectivity index (χ3v) is 7.33. The third kappa shape index (κ3) is 6.03. The van der Waals surface area contributed by atoms with Gasteiger partial charge in [-0.25, -0.2) is 13.2 Å². The molecule has 1 fully saturated rings. The van der Waals surface area contributed by atoms with Crippen LogP contribution in [-0.4, -0.2) is 36.9 Å². The van der Waals surface area contributed by atoms with Gasteiger partial charge in [-0.1, -0.05) is 6.07 Å². The zero-order valence-corrected chi connectivity index (χ0v) is 18.2. The number of urea groups is 1. The zero-order chi connectivity index (χ0) is 21.6. The first kappa shape index (κ1) is 22.2. The van der Waals surface area contributed by atoms with Crippen LogP contribution in [0.25, 0.3) is 0 Å². The summed E-state index contributed by atoms with van der Waals surface area (Å²) in [6, 6.07) is 9.64. The number of pyridine rings is 1. The Morgan fingerprint density at radius 2 is 1.97 bits per heavy atom. The number of nitrogens with one attached hydrogen (secondary N) is 2. The number of carbonyl (C=O) groups is 1. The Labute approximate surface area is 178 Å². The van der Waals surface area contributed by atoms with Crippen molar-refractivity contribution < 1.29 is 17.9 Å². The van der Waals surface area contributed by atoms with Gasteiger partial charge >= 0.3 is 6.03 Å². The van der Waals surface area contributed by atoms with E-state index in [1.807, 2.05) is 19.9 Å². The largest absolute Gasteiger partial charge is 0.376 e. The highest BCUT2D eigenvalue weighted by molar-refractivity contribution is 7.92. The first-order valence-electron chi connectivity index (χ1n) is 10.3. The fourth-order valence-corrected chi connectivity index (χ4v) is 5.52. The zero-order valence-electron chi connectivity index (χ0n) is 17.4. The second-order valence-corrected chi connectivity index (χ2v) is 10.1. The molecule has 0 bridgehead atoms. The van der Waals surface area contributed by atoms with Crippen LogP contribution in [0, 0.1) is 0 Å². The van der Waals surface area contributed by atoms with Crippen molar-refractivity contribution in [2.45, 2.75) is 68.4 Å². The molecule has 0 aliphatic heterocycles. The topological polar surface area (TPSA) is 97.4 Å². The number of rotatable bonds is 7. The van der Waals surface area contributed by atoms with Crippen LogP contribution in [-0.2, 0) is 21.1 Å². The van der Waals surface area contributed by atoms with E-state index in [1.54, 1.807) is 42.7 Å². The molecule has 1 saturated carbocycles. The molecular formula is C22H29N3O4S. The SMILES string of the molecule is CC(C)OC1CCCC(S(=O)(=O)c2ccc(NC(=O)NCc3cccnc3)cc2)C1. The fourth-order valence-electron chi connectivity index (χ4n) is 3.67. The predicted octanol–water partition coefficient (Wildman–Crippen LogP) is 3.91. The van der Waals surface area contributed by atoms with Crippen LogP contribution in [0.1, 0.15) is 45.1 Å². The second-order valence-electron chi connectivity index (χ2n) is 7.83. The average molecular weight is 432 g/mol. The van der Waals surface area contributed by atoms with E-state index in [4.69, 9.17) is 4.74 Å². The third-order valence-electron chi connectivity index (χ3n) is 5.10. The maximum Gasteiger partial charge on any atom is 0.319 e. The molecule has 1 aromatic heterocycles. The summed E-state index contributed by atoms with van der Waals surface area (Å²) < 4.78 is 31.9. The first-order chi connectivity index (χ1) is 14.3. The normalized spacial score (nSPS) is 19.4. The number of hydrogen-bond acceptors (Lipinski definition) is 5. The van der Waals surface area contributed by atoms with Crippen molar-refractivity contribution in [3.63, 3.8) is 0 Å². The Kier molecular flexibility index (Phi) is 7.44. The summed E-state index contributed by atoms with van der Waals surface area (Å²) in [5.74, 6) is 0. The lowest BCUT2D eigenvalue weighted by Crippen LogP contribution is -2.33. The smallest absolute Gasteiger partial charge is 0.319 e. The number of hydrogen-bond donors (Lipinski definition) is 2. The van der Waals surface area contributed by atoms with Gasteiger partial charge < -0.3 is 15.4 Å². The quantitative estimate of drug-likeness (QED) is 0.693. The van der Waals surface area contributed by atoms with E-state index in [2.05, 4.69) is 15.6 Å². The van der Waals surface area contributed by atoms with Crippen LogP contribution in [0.15, 0.2) is 53.7 Å². The lowest BCUT2D eigenvalue weighted by Gasteiger charge is -2.30. The number of sulfone groups is 1. The number of ether oxygens (including phenoxy) is 1. The number of nitrogens with zero attached hydrogens (tertiary/aromatic N) is 1. The van der Waals surface area contributed by atoms with Crippen LogP contribution in [0.2, 0.25) is 0 Å². The molecule has 0 saturated heterocycles. The summed E-state index contributed by atoms with van der Waals surface area (Å²) >= 11 is 0. The highest BCUT2D eigenvalue weighted by Crippen LogP contribution is 2.31. The van der Waals surface area contributed by atoms with E-state index in [9.17, 15) is 13.2 Å². The minimum Gasteiger partial charge on any atom is -0.376 e. The van der Waals surface area contributed by atoms with Gasteiger partial charge in [0.15, 0.2) is 9.84 Å². The van der Waals surface area contributed by atoms with E-state index >= 15 is 0 Å². The number of anilines is 1. The fraction of sp³-hybridized carbons (Fsp3) is 0.455. The minimum atomic E-state index is -3.44. The monoisotopic (exact) mass is 431 g/mol. The summed E-state index contributed by atoms with van der Waals surface area (Å²) in [4.78, 5) is 16.3. The van der Waals surface area contributed by atoms with Crippen LogP contribution < -0.4 is 10.6 Å². The van der Waals surface area contributed by atoms with Crippen molar-refractivity contribution in [3.05, 3.63) is 54.4 Å². The molecule has 0 spiro atoms. The molecule has 162 valence electrons. The number of benzene rings is 1. The average Bonchev–Trinajstić information content (AvgIpc) is 2.73. The Morgan fingerprint density at radius 3 is 2.63 bits per heavy atom. The summed E-state index contributed by atoms with van der Waals surface area (Å²) in [6.45, 7) is 4.29. The van der Waals surface area contributed by atoms with Crippen molar-refractivity contribution >= 4 is 21.6 Å². The maximum atomic E-state index is 13.1. The summed E-state index contributed by atoms with van der Waals surface area (Å²) in [5, 5.41) is 5.02. The lowest BCUT2D eigenvalue weighted by atomic mass is 9.97. The number of amides is 2. The predicted molar refractivity (Wildman–Crippen MR) is 116 cm³/mol. The van der Waals surface area contributed by atoms with Crippen LogP contribution in [0.3, 0.4) is 0 Å². The Hall–Kier alpha value is -2.45. The molecular weight excluding hydrogens is 402 g/mol. The van der Waals surface area contributed by atoms with E-state index in [-0.39, 0.29) is 23.1 Å². The van der Waals surface area contributed by atoms with Gasteiger partial charge in [0.1, 0.15) is 0 Å². The highest BCUT2D eigenvalue weighted by atomic mass is 32.2. The van der Waals surface area contributed by atoms with Crippen LogP contribution in [0.4, 0.5) is 10.5 Å². The molecule has 30 heavy (non-hydrogen) atoms. The second kappa shape index (κ2) is 10.0. The molecule has 2 unspecified atom stereocenters. The van der Waals surface area contributed by atoms with Crippen LogP contribution in [0.5, 0.6) is 0 Å². The molecule has 7 nitrogen and oxygen atoms in total. The Balaban J connectivity index is 1.58. The van der Waals surface area contributed by atoms with Gasteiger partial charge in [0.25, 0.3) is 0 Å². The molecule has 2 N–H and O–H groups in total. The van der Waals surface area contributed by atoms with Crippen molar-refractivity contribution in [2.75, 3.05) is 5.32 Å². The Bertz CT molecular complexity index is 931. The molecule has 2 amide bonds. The van der Waals surface area contributed by atoms with Gasteiger partial charge in [-0.05, 0) is 75.4 Å². The van der Waals surface area contributed by atoms with E-state index < -0.39 is 15.1 Å². The molecule has 2 aromatic rings. The van der Waals surface area contributed by atoms with Crippen LogP contribution >= 0.6 is 0 Å². The van der Waals surface area contributed by atoms with Gasteiger partial charge in [-0.2, -0.15) is 0 Å². The molecule has 3 rings (SSSR count). The van der Waals surface area contributed by atoms with E-state index in [1.165, 1.54) is 0 Å². The molecule has 2 atom stereocenters. The van der Waals surface area contributed by atoms with Crippen molar-refractivity contribution in [1.82, 2.24) is 10.3 Å². The molecule has 8 heteroatoms. The first-order valence-corrected chi connectivity index (χ1v) is 11.8. The van der Waals surface area contributed by atoms with E-state index in [0.717, 1.165) is 18.4 Å². The minimum absolute atomic E-state index is 0.0111. The van der Waals surface area contributed by atoms with Gasteiger partial charge in [-0.15, -0.1) is 0 Å². The number of aromatic nitrogens is 1. The van der Waals surface area contributed by atoms with Gasteiger partial charge in [0, 0.05) is 24.6 Å².